The van der Waals surface area contributed by atoms with Crippen LogP contribution < -0.4 is 5.32 Å². The molecule has 3 fully saturated rings. The van der Waals surface area contributed by atoms with Gasteiger partial charge in [0.15, 0.2) is 0 Å². The topological polar surface area (TPSA) is 41.6 Å². The van der Waals surface area contributed by atoms with Crippen molar-refractivity contribution < 1.29 is 9.53 Å². The predicted molar refractivity (Wildman–Crippen MR) is 109 cm³/mol. The first-order chi connectivity index (χ1) is 12.8. The molecule has 144 valence electrons. The smallest absolute Gasteiger partial charge is 0.231 e. The van der Waals surface area contributed by atoms with Gasteiger partial charge in [0.05, 0.1) is 18.6 Å². The number of morpholine rings is 1. The molecule has 6 heteroatoms. The molecule has 1 N–H and O–H groups in total. The van der Waals surface area contributed by atoms with Crippen molar-refractivity contribution >= 4 is 29.0 Å². The third kappa shape index (κ3) is 3.58. The van der Waals surface area contributed by atoms with E-state index in [2.05, 4.69) is 27.7 Å². The van der Waals surface area contributed by atoms with Crippen molar-refractivity contribution in [1.82, 2.24) is 10.2 Å². The molecule has 4 nitrogen and oxygen atoms in total. The van der Waals surface area contributed by atoms with Gasteiger partial charge in [0.2, 0.25) is 5.91 Å². The Morgan fingerprint density at radius 1 is 1.15 bits per heavy atom. The number of amides is 1. The minimum absolute atomic E-state index is 0.125. The molecule has 1 amide bonds. The highest BCUT2D eigenvalue weighted by atomic mass is 32.2. The molecule has 0 aromatic carbocycles. The number of thiophene rings is 1. The van der Waals surface area contributed by atoms with Crippen LogP contribution in [-0.4, -0.2) is 60.7 Å². The van der Waals surface area contributed by atoms with E-state index in [1.165, 1.54) is 29.2 Å². The van der Waals surface area contributed by atoms with Gasteiger partial charge in [-0.15, -0.1) is 11.3 Å². The minimum atomic E-state index is -0.274. The van der Waals surface area contributed by atoms with Crippen LogP contribution in [0.15, 0.2) is 17.5 Å². The van der Waals surface area contributed by atoms with Gasteiger partial charge in [0, 0.05) is 30.1 Å². The Morgan fingerprint density at radius 3 is 2.54 bits per heavy atom. The first-order valence-electron chi connectivity index (χ1n) is 9.98. The molecular weight excluding hydrogens is 364 g/mol. The third-order valence-electron chi connectivity index (χ3n) is 6.57. The zero-order valence-electron chi connectivity index (χ0n) is 15.5. The molecule has 1 aromatic heterocycles. The van der Waals surface area contributed by atoms with Crippen molar-refractivity contribution in [3.63, 3.8) is 0 Å². The fourth-order valence-corrected chi connectivity index (χ4v) is 7.16. The average Bonchev–Trinajstić information content (AvgIpc) is 3.40. The number of ether oxygens (including phenoxy) is 1. The number of rotatable bonds is 5. The molecule has 0 unspecified atom stereocenters. The van der Waals surface area contributed by atoms with Crippen molar-refractivity contribution in [2.75, 3.05) is 44.4 Å². The molecule has 1 aromatic rings. The summed E-state index contributed by atoms with van der Waals surface area (Å²) in [6, 6.07) is 4.24. The van der Waals surface area contributed by atoms with Crippen LogP contribution in [-0.2, 0) is 14.9 Å². The van der Waals surface area contributed by atoms with Crippen molar-refractivity contribution in [1.29, 1.82) is 0 Å². The van der Waals surface area contributed by atoms with Crippen molar-refractivity contribution in [2.24, 2.45) is 0 Å². The number of thioether (sulfide) groups is 1. The van der Waals surface area contributed by atoms with E-state index in [9.17, 15) is 4.79 Å². The summed E-state index contributed by atoms with van der Waals surface area (Å²) < 4.78 is 5.57. The Balaban J connectivity index is 1.49. The van der Waals surface area contributed by atoms with E-state index in [1.807, 2.05) is 11.8 Å². The molecule has 3 aliphatic rings. The maximum Gasteiger partial charge on any atom is 0.231 e. The molecule has 2 saturated heterocycles. The van der Waals surface area contributed by atoms with Crippen LogP contribution in [0, 0.1) is 0 Å². The van der Waals surface area contributed by atoms with E-state index >= 15 is 0 Å². The van der Waals surface area contributed by atoms with Crippen LogP contribution in [0.4, 0.5) is 0 Å². The molecule has 26 heavy (non-hydrogen) atoms. The average molecular weight is 395 g/mol. The highest BCUT2D eigenvalue weighted by Gasteiger charge is 2.45. The lowest BCUT2D eigenvalue weighted by Crippen LogP contribution is -2.61. The molecule has 1 aliphatic carbocycles. The summed E-state index contributed by atoms with van der Waals surface area (Å²) >= 11 is 3.79. The largest absolute Gasteiger partial charge is 0.379 e. The van der Waals surface area contributed by atoms with Crippen LogP contribution in [0.2, 0.25) is 0 Å². The second-order valence-corrected chi connectivity index (χ2v) is 10.1. The van der Waals surface area contributed by atoms with Crippen LogP contribution in [0.5, 0.6) is 0 Å². The maximum atomic E-state index is 13.4. The second kappa shape index (κ2) is 8.21. The summed E-state index contributed by atoms with van der Waals surface area (Å²) in [6.45, 7) is 4.43. The molecule has 3 heterocycles. The zero-order valence-corrected chi connectivity index (χ0v) is 17.1. The van der Waals surface area contributed by atoms with Gasteiger partial charge in [-0.05, 0) is 48.6 Å². The molecule has 0 bridgehead atoms. The molecule has 4 rings (SSSR count). The van der Waals surface area contributed by atoms with Crippen LogP contribution in [0.3, 0.4) is 0 Å². The standard InChI is InChI=1S/C20H30N2O2S2/c23-18(20(5-1-2-6-20)17-4-3-13-26-17)21-16-19(7-14-25-15-8-19)22-9-11-24-12-10-22/h3-4,13H,1-2,5-12,14-16H2,(H,21,23). The Morgan fingerprint density at radius 2 is 1.88 bits per heavy atom. The summed E-state index contributed by atoms with van der Waals surface area (Å²) in [7, 11) is 0. The van der Waals surface area contributed by atoms with E-state index in [-0.39, 0.29) is 16.9 Å². The third-order valence-corrected chi connectivity index (χ3v) is 8.63. The van der Waals surface area contributed by atoms with Crippen molar-refractivity contribution in [2.45, 2.75) is 49.5 Å². The fraction of sp³-hybridized carbons (Fsp3) is 0.750. The van der Waals surface area contributed by atoms with E-state index in [0.29, 0.717) is 0 Å². The van der Waals surface area contributed by atoms with Gasteiger partial charge < -0.3 is 10.1 Å². The van der Waals surface area contributed by atoms with Gasteiger partial charge in [0.25, 0.3) is 0 Å². The molecule has 0 radical (unpaired) electrons. The van der Waals surface area contributed by atoms with Gasteiger partial charge in [0.1, 0.15) is 0 Å². The minimum Gasteiger partial charge on any atom is -0.379 e. The maximum absolute atomic E-state index is 13.4. The van der Waals surface area contributed by atoms with E-state index < -0.39 is 0 Å². The molecular formula is C20H30N2O2S2. The number of hydrogen-bond acceptors (Lipinski definition) is 5. The SMILES string of the molecule is O=C(NCC1(N2CCOCC2)CCSCC1)C1(c2cccs2)CCCC1. The Labute approximate surface area is 165 Å². The first kappa shape index (κ1) is 18.8. The van der Waals surface area contributed by atoms with Gasteiger partial charge >= 0.3 is 0 Å². The molecule has 2 aliphatic heterocycles. The van der Waals surface area contributed by atoms with Gasteiger partial charge in [-0.1, -0.05) is 18.9 Å². The number of carbonyl (C=O) groups excluding carboxylic acids is 1. The summed E-state index contributed by atoms with van der Waals surface area (Å²) in [6.07, 6.45) is 6.67. The monoisotopic (exact) mass is 394 g/mol. The van der Waals surface area contributed by atoms with Crippen molar-refractivity contribution in [3.05, 3.63) is 22.4 Å². The highest BCUT2D eigenvalue weighted by Crippen LogP contribution is 2.43. The second-order valence-electron chi connectivity index (χ2n) is 7.89. The predicted octanol–water partition coefficient (Wildman–Crippen LogP) is 3.27. The summed E-state index contributed by atoms with van der Waals surface area (Å²) in [5.74, 6) is 2.66. The van der Waals surface area contributed by atoms with Crippen LogP contribution in [0.1, 0.15) is 43.4 Å². The number of hydrogen-bond donors (Lipinski definition) is 1. The molecule has 0 atom stereocenters. The Bertz CT molecular complexity index is 587. The molecule has 1 saturated carbocycles. The summed E-state index contributed by atoms with van der Waals surface area (Å²) in [5.41, 5.74) is -0.149. The van der Waals surface area contributed by atoms with Crippen molar-refractivity contribution in [3.8, 4) is 0 Å². The lowest BCUT2D eigenvalue weighted by molar-refractivity contribution is -0.127. The summed E-state index contributed by atoms with van der Waals surface area (Å²) in [5, 5.41) is 5.54. The summed E-state index contributed by atoms with van der Waals surface area (Å²) in [4.78, 5) is 17.2. The van der Waals surface area contributed by atoms with Crippen LogP contribution in [0.25, 0.3) is 0 Å². The fourth-order valence-electron chi connectivity index (χ4n) is 4.92. The zero-order chi connectivity index (χ0) is 17.9. The Hall–Kier alpha value is -0.560. The van der Waals surface area contributed by atoms with Crippen LogP contribution >= 0.6 is 23.1 Å². The first-order valence-corrected chi connectivity index (χ1v) is 12.0. The van der Waals surface area contributed by atoms with Gasteiger partial charge in [-0.3, -0.25) is 9.69 Å². The Kier molecular flexibility index (Phi) is 5.93. The number of nitrogens with one attached hydrogen (secondary N) is 1. The normalized spacial score (nSPS) is 25.8. The molecule has 0 spiro atoms. The lowest BCUT2D eigenvalue weighted by Gasteiger charge is -2.48. The highest BCUT2D eigenvalue weighted by molar-refractivity contribution is 7.99. The van der Waals surface area contributed by atoms with E-state index in [4.69, 9.17) is 4.74 Å². The number of carbonyl (C=O) groups is 1. The van der Waals surface area contributed by atoms with Gasteiger partial charge in [-0.25, -0.2) is 0 Å². The lowest BCUT2D eigenvalue weighted by atomic mass is 9.82. The number of nitrogens with zero attached hydrogens (tertiary/aromatic N) is 1. The van der Waals surface area contributed by atoms with E-state index in [0.717, 1.165) is 58.5 Å². The quantitative estimate of drug-likeness (QED) is 0.832. The van der Waals surface area contributed by atoms with Gasteiger partial charge in [-0.2, -0.15) is 11.8 Å². The van der Waals surface area contributed by atoms with E-state index in [1.54, 1.807) is 11.3 Å².